The van der Waals surface area contributed by atoms with Crippen LogP contribution in [0.2, 0.25) is 0 Å². The lowest BCUT2D eigenvalue weighted by atomic mass is 9.82. The van der Waals surface area contributed by atoms with E-state index >= 15 is 0 Å². The minimum atomic E-state index is 0.909. The van der Waals surface area contributed by atoms with Gasteiger partial charge in [0.25, 0.3) is 0 Å². The molecule has 0 spiro atoms. The molecule has 128 valence electrons. The fraction of sp³-hybridized carbons (Fsp3) is 0.778. The van der Waals surface area contributed by atoms with Crippen LogP contribution in [0, 0.1) is 18.8 Å². The van der Waals surface area contributed by atoms with Crippen molar-refractivity contribution in [2.75, 3.05) is 26.7 Å². The Morgan fingerprint density at radius 2 is 2.00 bits per heavy atom. The molecule has 5 nitrogen and oxygen atoms in total. The van der Waals surface area contributed by atoms with E-state index in [4.69, 9.17) is 0 Å². The van der Waals surface area contributed by atoms with E-state index < -0.39 is 0 Å². The van der Waals surface area contributed by atoms with Gasteiger partial charge in [0.05, 0.1) is 0 Å². The number of rotatable bonds is 5. The lowest BCUT2D eigenvalue weighted by molar-refractivity contribution is 0.299. The Kier molecular flexibility index (Phi) is 5.57. The molecule has 1 saturated heterocycles. The molecule has 1 aromatic heterocycles. The maximum absolute atomic E-state index is 4.51. The number of unbranched alkanes of at least 4 members (excludes halogenated alkanes) is 1. The van der Waals surface area contributed by atoms with E-state index in [0.717, 1.165) is 43.1 Å². The third-order valence-corrected chi connectivity index (χ3v) is 5.52. The van der Waals surface area contributed by atoms with Gasteiger partial charge in [0.2, 0.25) is 0 Å². The number of imidazole rings is 1. The number of nitrogens with zero attached hydrogens (tertiary/aromatic N) is 4. The van der Waals surface area contributed by atoms with Crippen molar-refractivity contribution >= 4 is 5.96 Å². The molecule has 23 heavy (non-hydrogen) atoms. The van der Waals surface area contributed by atoms with Gasteiger partial charge in [-0.1, -0.05) is 12.8 Å². The highest BCUT2D eigenvalue weighted by Crippen LogP contribution is 2.35. The van der Waals surface area contributed by atoms with E-state index in [0.29, 0.717) is 0 Å². The summed E-state index contributed by atoms with van der Waals surface area (Å²) in [6.45, 7) is 6.54. The molecule has 2 heterocycles. The van der Waals surface area contributed by atoms with Crippen molar-refractivity contribution in [1.29, 1.82) is 0 Å². The molecule has 1 aliphatic heterocycles. The number of likely N-dealkylation sites (tertiary alicyclic amines) is 1. The van der Waals surface area contributed by atoms with Crippen molar-refractivity contribution in [1.82, 2.24) is 19.8 Å². The number of hydrogen-bond donors (Lipinski definition) is 1. The summed E-state index contributed by atoms with van der Waals surface area (Å²) in [6, 6.07) is 0. The Morgan fingerprint density at radius 3 is 2.61 bits per heavy atom. The van der Waals surface area contributed by atoms with Gasteiger partial charge in [0.15, 0.2) is 5.96 Å². The number of guanidine groups is 1. The molecule has 1 N–H and O–H groups in total. The Labute approximate surface area is 140 Å². The minimum absolute atomic E-state index is 0.909. The second-order valence-electron chi connectivity index (χ2n) is 7.06. The predicted molar refractivity (Wildman–Crippen MR) is 94.6 cm³/mol. The zero-order valence-electron chi connectivity index (χ0n) is 14.7. The standard InChI is InChI=1S/C18H31N5/c1-15-20-10-12-22(15)11-6-5-9-21-18(19-2)23-13-16-7-3-4-8-17(16)14-23/h10,12,16-17H,3-9,11,13-14H2,1-2H3,(H,19,21). The molecule has 0 radical (unpaired) electrons. The Balaban J connectivity index is 1.38. The first-order valence-corrected chi connectivity index (χ1v) is 9.21. The van der Waals surface area contributed by atoms with Crippen LogP contribution >= 0.6 is 0 Å². The van der Waals surface area contributed by atoms with Crippen LogP contribution in [0.25, 0.3) is 0 Å². The molecule has 3 rings (SSSR count). The molecule has 1 aromatic rings. The normalized spacial score (nSPS) is 24.8. The van der Waals surface area contributed by atoms with E-state index in [9.17, 15) is 0 Å². The van der Waals surface area contributed by atoms with Crippen LogP contribution in [0.1, 0.15) is 44.3 Å². The van der Waals surface area contributed by atoms with E-state index in [2.05, 4.69) is 37.9 Å². The first kappa shape index (κ1) is 16.3. The molecular formula is C18H31N5. The highest BCUT2D eigenvalue weighted by atomic mass is 15.3. The molecule has 1 aliphatic carbocycles. The summed E-state index contributed by atoms with van der Waals surface area (Å²) in [5, 5.41) is 3.57. The van der Waals surface area contributed by atoms with E-state index in [-0.39, 0.29) is 0 Å². The van der Waals surface area contributed by atoms with E-state index in [1.807, 2.05) is 13.2 Å². The predicted octanol–water partition coefficient (Wildman–Crippen LogP) is 2.67. The first-order chi connectivity index (χ1) is 11.3. The van der Waals surface area contributed by atoms with Gasteiger partial charge in [-0.15, -0.1) is 0 Å². The van der Waals surface area contributed by atoms with Crippen LogP contribution in [0.5, 0.6) is 0 Å². The number of aliphatic imine (C=N–C) groups is 1. The second kappa shape index (κ2) is 7.84. The Morgan fingerprint density at radius 1 is 1.26 bits per heavy atom. The maximum atomic E-state index is 4.51. The van der Waals surface area contributed by atoms with Crippen LogP contribution in [0.3, 0.4) is 0 Å². The summed E-state index contributed by atoms with van der Waals surface area (Å²) < 4.78 is 2.22. The summed E-state index contributed by atoms with van der Waals surface area (Å²) in [5.74, 6) is 4.03. The van der Waals surface area contributed by atoms with Crippen LogP contribution in [-0.2, 0) is 6.54 Å². The van der Waals surface area contributed by atoms with Crippen LogP contribution in [-0.4, -0.2) is 47.1 Å². The minimum Gasteiger partial charge on any atom is -0.356 e. The zero-order valence-corrected chi connectivity index (χ0v) is 14.7. The molecular weight excluding hydrogens is 286 g/mol. The van der Waals surface area contributed by atoms with Crippen LogP contribution in [0.15, 0.2) is 17.4 Å². The summed E-state index contributed by atoms with van der Waals surface area (Å²) in [5.41, 5.74) is 0. The first-order valence-electron chi connectivity index (χ1n) is 9.21. The molecule has 2 aliphatic rings. The van der Waals surface area contributed by atoms with Crippen molar-refractivity contribution < 1.29 is 0 Å². The lowest BCUT2D eigenvalue weighted by Gasteiger charge is -2.22. The summed E-state index contributed by atoms with van der Waals surface area (Å²) in [4.78, 5) is 11.3. The fourth-order valence-electron chi connectivity index (χ4n) is 4.16. The molecule has 0 bridgehead atoms. The molecule has 0 aromatic carbocycles. The topological polar surface area (TPSA) is 45.5 Å². The number of aromatic nitrogens is 2. The zero-order chi connectivity index (χ0) is 16.1. The smallest absolute Gasteiger partial charge is 0.193 e. The average molecular weight is 317 g/mol. The summed E-state index contributed by atoms with van der Waals surface area (Å²) in [7, 11) is 1.92. The average Bonchev–Trinajstić information content (AvgIpc) is 3.17. The molecule has 5 heteroatoms. The van der Waals surface area contributed by atoms with Gasteiger partial charge in [0.1, 0.15) is 5.82 Å². The summed E-state index contributed by atoms with van der Waals surface area (Å²) >= 11 is 0. The van der Waals surface area contributed by atoms with Gasteiger partial charge in [-0.3, -0.25) is 4.99 Å². The SMILES string of the molecule is CN=C(NCCCCn1ccnc1C)N1CC2CCCCC2C1. The maximum Gasteiger partial charge on any atom is 0.193 e. The van der Waals surface area contributed by atoms with Gasteiger partial charge in [0, 0.05) is 45.6 Å². The highest BCUT2D eigenvalue weighted by molar-refractivity contribution is 5.80. The third kappa shape index (κ3) is 4.06. The van der Waals surface area contributed by atoms with Gasteiger partial charge < -0.3 is 14.8 Å². The molecule has 2 atom stereocenters. The van der Waals surface area contributed by atoms with Crippen LogP contribution < -0.4 is 5.32 Å². The fourth-order valence-corrected chi connectivity index (χ4v) is 4.16. The molecule has 0 amide bonds. The van der Waals surface area contributed by atoms with Crippen molar-refractivity contribution in [2.45, 2.75) is 52.0 Å². The third-order valence-electron chi connectivity index (χ3n) is 5.52. The molecule has 1 saturated carbocycles. The van der Waals surface area contributed by atoms with E-state index in [1.165, 1.54) is 45.2 Å². The van der Waals surface area contributed by atoms with Gasteiger partial charge in [-0.05, 0) is 44.4 Å². The van der Waals surface area contributed by atoms with E-state index in [1.54, 1.807) is 0 Å². The van der Waals surface area contributed by atoms with Crippen LogP contribution in [0.4, 0.5) is 0 Å². The highest BCUT2D eigenvalue weighted by Gasteiger charge is 2.35. The number of aryl methyl sites for hydroxylation is 2. The van der Waals surface area contributed by atoms with Crippen molar-refractivity contribution in [2.24, 2.45) is 16.8 Å². The second-order valence-corrected chi connectivity index (χ2v) is 7.06. The number of fused-ring (bicyclic) bond motifs is 1. The van der Waals surface area contributed by atoms with Crippen molar-refractivity contribution in [3.8, 4) is 0 Å². The number of nitrogens with one attached hydrogen (secondary N) is 1. The van der Waals surface area contributed by atoms with Crippen molar-refractivity contribution in [3.05, 3.63) is 18.2 Å². The lowest BCUT2D eigenvalue weighted by Crippen LogP contribution is -2.40. The monoisotopic (exact) mass is 317 g/mol. The van der Waals surface area contributed by atoms with Gasteiger partial charge in [-0.2, -0.15) is 0 Å². The Hall–Kier alpha value is -1.52. The summed E-state index contributed by atoms with van der Waals surface area (Å²) in [6.07, 6.45) is 12.0. The van der Waals surface area contributed by atoms with Gasteiger partial charge in [-0.25, -0.2) is 4.98 Å². The number of hydrogen-bond acceptors (Lipinski definition) is 2. The molecule has 2 fully saturated rings. The van der Waals surface area contributed by atoms with Gasteiger partial charge >= 0.3 is 0 Å². The largest absolute Gasteiger partial charge is 0.356 e. The molecule has 2 unspecified atom stereocenters. The Bertz CT molecular complexity index is 507. The quantitative estimate of drug-likeness (QED) is 0.516. The van der Waals surface area contributed by atoms with Crippen molar-refractivity contribution in [3.63, 3.8) is 0 Å².